The van der Waals surface area contributed by atoms with Gasteiger partial charge in [0.05, 0.1) is 0 Å². The van der Waals surface area contributed by atoms with Gasteiger partial charge in [0.15, 0.2) is 0 Å². The molecule has 0 aliphatic heterocycles. The van der Waals surface area contributed by atoms with Gasteiger partial charge in [-0.15, -0.1) is 0 Å². The number of aryl methyl sites for hydroxylation is 1. The van der Waals surface area contributed by atoms with Crippen LogP contribution in [0.5, 0.6) is 0 Å². The first kappa shape index (κ1) is 22.3. The molecule has 0 unspecified atom stereocenters. The Hall–Kier alpha value is -0.790. The van der Waals surface area contributed by atoms with Crippen LogP contribution >= 0.6 is 0 Å². The van der Waals surface area contributed by atoms with E-state index in [9.17, 15) is 0 Å². The maximum atomic E-state index is 4.27. The van der Waals surface area contributed by atoms with Gasteiger partial charge in [0.25, 0.3) is 0 Å². The Labute approximate surface area is 157 Å². The van der Waals surface area contributed by atoms with Crippen molar-refractivity contribution in [2.24, 2.45) is 5.92 Å². The zero-order chi connectivity index (χ0) is 18.0. The average Bonchev–Trinajstić information content (AvgIpc) is 3.11. The van der Waals surface area contributed by atoms with Gasteiger partial charge in [-0.2, -0.15) is 0 Å². The van der Waals surface area contributed by atoms with Crippen LogP contribution in [0.4, 0.5) is 0 Å². The monoisotopic (exact) mass is 348 g/mol. The van der Waals surface area contributed by atoms with Crippen molar-refractivity contribution in [3.05, 3.63) is 18.2 Å². The van der Waals surface area contributed by atoms with E-state index in [2.05, 4.69) is 23.8 Å². The molecule has 0 saturated heterocycles. The third kappa shape index (κ3) is 15.2. The molecule has 0 spiro atoms. The number of hydrogen-bond acceptors (Lipinski definition) is 1. The predicted octanol–water partition coefficient (Wildman–Crippen LogP) is 7.85. The minimum Gasteiger partial charge on any atom is -0.349 e. The highest BCUT2D eigenvalue weighted by atomic mass is 14.9. The average molecular weight is 349 g/mol. The van der Waals surface area contributed by atoms with E-state index < -0.39 is 0 Å². The second-order valence-electron chi connectivity index (χ2n) is 8.27. The van der Waals surface area contributed by atoms with E-state index in [1.165, 1.54) is 103 Å². The van der Waals surface area contributed by atoms with Crippen molar-refractivity contribution in [2.45, 2.75) is 123 Å². The minimum atomic E-state index is 0.890. The van der Waals surface area contributed by atoms with E-state index in [0.29, 0.717) is 0 Å². The summed E-state index contributed by atoms with van der Waals surface area (Å²) in [4.78, 5) is 7.46. The molecule has 0 saturated carbocycles. The number of rotatable bonds is 18. The second kappa shape index (κ2) is 16.7. The van der Waals surface area contributed by atoms with Crippen LogP contribution < -0.4 is 0 Å². The van der Waals surface area contributed by atoms with E-state index in [1.807, 2.05) is 12.4 Å². The summed E-state index contributed by atoms with van der Waals surface area (Å²) in [6, 6.07) is 0. The Morgan fingerprint density at radius 3 is 1.52 bits per heavy atom. The zero-order valence-electron chi connectivity index (χ0n) is 17.2. The summed E-state index contributed by atoms with van der Waals surface area (Å²) >= 11 is 0. The predicted molar refractivity (Wildman–Crippen MR) is 111 cm³/mol. The van der Waals surface area contributed by atoms with Crippen molar-refractivity contribution < 1.29 is 0 Å². The zero-order valence-corrected chi connectivity index (χ0v) is 17.2. The molecule has 0 amide bonds. The van der Waals surface area contributed by atoms with E-state index in [-0.39, 0.29) is 0 Å². The summed E-state index contributed by atoms with van der Waals surface area (Å²) in [7, 11) is 0. The highest BCUT2D eigenvalue weighted by molar-refractivity contribution is 4.86. The number of unbranched alkanes of at least 4 members (excludes halogenated alkanes) is 14. The third-order valence-corrected chi connectivity index (χ3v) is 5.25. The van der Waals surface area contributed by atoms with Gasteiger partial charge in [-0.25, -0.2) is 4.98 Å². The molecule has 1 rings (SSSR count). The van der Waals surface area contributed by atoms with Crippen LogP contribution in [0.1, 0.15) is 122 Å². The molecule has 0 fully saturated rings. The first-order valence-electron chi connectivity index (χ1n) is 11.3. The van der Waals surface area contributed by atoms with Crippen molar-refractivity contribution in [2.75, 3.05) is 0 Å². The molecule has 0 atom stereocenters. The Balaban J connectivity index is 1.67. The molecule has 1 N–H and O–H groups in total. The molecule has 0 aliphatic rings. The van der Waals surface area contributed by atoms with Crippen LogP contribution in [-0.2, 0) is 6.42 Å². The van der Waals surface area contributed by atoms with Crippen LogP contribution in [0.3, 0.4) is 0 Å². The Kier molecular flexibility index (Phi) is 14.8. The fraction of sp³-hybridized carbons (Fsp3) is 0.870. The lowest BCUT2D eigenvalue weighted by molar-refractivity contribution is 0.502. The molecular weight excluding hydrogens is 304 g/mol. The van der Waals surface area contributed by atoms with Gasteiger partial charge in [0.2, 0.25) is 0 Å². The molecule has 0 radical (unpaired) electrons. The topological polar surface area (TPSA) is 28.7 Å². The Bertz CT molecular complexity index is 356. The summed E-state index contributed by atoms with van der Waals surface area (Å²) < 4.78 is 0. The smallest absolute Gasteiger partial charge is 0.105 e. The maximum absolute atomic E-state index is 4.27. The van der Waals surface area contributed by atoms with E-state index >= 15 is 0 Å². The van der Waals surface area contributed by atoms with Crippen molar-refractivity contribution in [3.63, 3.8) is 0 Å². The number of imidazole rings is 1. The number of nitrogens with zero attached hydrogens (tertiary/aromatic N) is 1. The van der Waals surface area contributed by atoms with Crippen molar-refractivity contribution in [1.82, 2.24) is 9.97 Å². The number of H-pyrrole nitrogens is 1. The van der Waals surface area contributed by atoms with Gasteiger partial charge in [0.1, 0.15) is 5.82 Å². The van der Waals surface area contributed by atoms with E-state index in [1.54, 1.807) is 0 Å². The fourth-order valence-corrected chi connectivity index (χ4v) is 3.58. The normalized spacial score (nSPS) is 11.5. The van der Waals surface area contributed by atoms with Crippen LogP contribution in [-0.4, -0.2) is 9.97 Å². The Morgan fingerprint density at radius 2 is 1.12 bits per heavy atom. The fourth-order valence-electron chi connectivity index (χ4n) is 3.58. The minimum absolute atomic E-state index is 0.890. The largest absolute Gasteiger partial charge is 0.349 e. The van der Waals surface area contributed by atoms with Crippen molar-refractivity contribution >= 4 is 0 Å². The summed E-state index contributed by atoms with van der Waals surface area (Å²) in [5.41, 5.74) is 0. The van der Waals surface area contributed by atoms with Crippen molar-refractivity contribution in [3.8, 4) is 0 Å². The lowest BCUT2D eigenvalue weighted by atomic mass is 10.0. The quantitative estimate of drug-likeness (QED) is 0.269. The first-order valence-corrected chi connectivity index (χ1v) is 11.3. The van der Waals surface area contributed by atoms with Crippen LogP contribution in [0, 0.1) is 5.92 Å². The van der Waals surface area contributed by atoms with Crippen LogP contribution in [0.15, 0.2) is 12.4 Å². The highest BCUT2D eigenvalue weighted by Gasteiger charge is 1.97. The summed E-state index contributed by atoms with van der Waals surface area (Å²) in [6.45, 7) is 4.67. The highest BCUT2D eigenvalue weighted by Crippen LogP contribution is 2.15. The molecule has 1 heterocycles. The summed E-state index contributed by atoms with van der Waals surface area (Å²) in [5, 5.41) is 0. The maximum Gasteiger partial charge on any atom is 0.105 e. The Morgan fingerprint density at radius 1 is 0.680 bits per heavy atom. The molecule has 2 heteroatoms. The molecule has 1 aromatic rings. The van der Waals surface area contributed by atoms with Gasteiger partial charge >= 0.3 is 0 Å². The van der Waals surface area contributed by atoms with E-state index in [0.717, 1.165) is 18.2 Å². The third-order valence-electron chi connectivity index (χ3n) is 5.25. The molecular formula is C23H44N2. The summed E-state index contributed by atoms with van der Waals surface area (Å²) in [5.74, 6) is 2.04. The SMILES string of the molecule is CC(C)CCCCCCCCCCCCCCCCCc1ncc[nH]1. The number of nitrogens with one attached hydrogen (secondary N) is 1. The summed E-state index contributed by atoms with van der Waals surface area (Å²) in [6.07, 6.45) is 27.8. The first-order chi connectivity index (χ1) is 12.3. The van der Waals surface area contributed by atoms with E-state index in [4.69, 9.17) is 0 Å². The number of hydrogen-bond donors (Lipinski definition) is 1. The standard InChI is InChI=1S/C23H44N2/c1-22(2)18-16-14-12-10-8-6-4-3-5-7-9-11-13-15-17-19-23-24-20-21-25-23/h20-22H,3-19H2,1-2H3,(H,24,25). The molecule has 0 aromatic carbocycles. The number of aromatic nitrogens is 2. The van der Waals surface area contributed by atoms with Gasteiger partial charge in [-0.3, -0.25) is 0 Å². The molecule has 2 nitrogen and oxygen atoms in total. The van der Waals surface area contributed by atoms with Gasteiger partial charge in [-0.1, -0.05) is 110 Å². The molecule has 146 valence electrons. The van der Waals surface area contributed by atoms with Crippen molar-refractivity contribution in [1.29, 1.82) is 0 Å². The van der Waals surface area contributed by atoms with Crippen LogP contribution in [0.2, 0.25) is 0 Å². The molecule has 1 aromatic heterocycles. The lowest BCUT2D eigenvalue weighted by Gasteiger charge is -2.05. The molecule has 0 aliphatic carbocycles. The molecule has 0 bridgehead atoms. The molecule has 25 heavy (non-hydrogen) atoms. The van der Waals surface area contributed by atoms with Gasteiger partial charge < -0.3 is 4.98 Å². The number of aromatic amines is 1. The van der Waals surface area contributed by atoms with Crippen LogP contribution in [0.25, 0.3) is 0 Å². The lowest BCUT2D eigenvalue weighted by Crippen LogP contribution is -1.88. The van der Waals surface area contributed by atoms with Gasteiger partial charge in [-0.05, 0) is 12.3 Å². The second-order valence-corrected chi connectivity index (χ2v) is 8.27. The van der Waals surface area contributed by atoms with Gasteiger partial charge in [0, 0.05) is 18.8 Å².